The minimum atomic E-state index is -0.0712. The van der Waals surface area contributed by atoms with Gasteiger partial charge in [0, 0.05) is 5.56 Å². The average molecular weight is 199 g/mol. The number of Topliss-reactive ketones (excluding diaryl/α,β-unsaturated/α-hetero) is 1. The SMILES string of the molecule is COc1ccc(C)c(C(=O)CCl)c1. The molecule has 0 atom stereocenters. The van der Waals surface area contributed by atoms with Gasteiger partial charge in [-0.25, -0.2) is 0 Å². The lowest BCUT2D eigenvalue weighted by atomic mass is 10.1. The lowest BCUT2D eigenvalue weighted by molar-refractivity contribution is 0.102. The van der Waals surface area contributed by atoms with E-state index in [0.717, 1.165) is 5.56 Å². The molecule has 0 N–H and O–H groups in total. The van der Waals surface area contributed by atoms with Gasteiger partial charge in [-0.3, -0.25) is 4.79 Å². The first-order chi connectivity index (χ1) is 6.19. The van der Waals surface area contributed by atoms with Crippen molar-refractivity contribution in [3.8, 4) is 5.75 Å². The van der Waals surface area contributed by atoms with Gasteiger partial charge >= 0.3 is 0 Å². The summed E-state index contributed by atoms with van der Waals surface area (Å²) < 4.78 is 5.01. The average Bonchev–Trinajstić information content (AvgIpc) is 2.17. The standard InChI is InChI=1S/C10H11ClO2/c1-7-3-4-8(13-2)5-9(7)10(12)6-11/h3-5H,6H2,1-2H3. The first-order valence-electron chi connectivity index (χ1n) is 3.93. The molecule has 0 unspecified atom stereocenters. The number of aryl methyl sites for hydroxylation is 1. The number of methoxy groups -OCH3 is 1. The molecule has 2 nitrogen and oxygen atoms in total. The Bertz CT molecular complexity index is 321. The first-order valence-corrected chi connectivity index (χ1v) is 4.46. The number of ketones is 1. The van der Waals surface area contributed by atoms with Gasteiger partial charge in [-0.05, 0) is 24.6 Å². The van der Waals surface area contributed by atoms with E-state index in [-0.39, 0.29) is 11.7 Å². The maximum absolute atomic E-state index is 11.3. The summed E-state index contributed by atoms with van der Waals surface area (Å²) in [5.41, 5.74) is 1.56. The second kappa shape index (κ2) is 4.28. The number of benzene rings is 1. The molecule has 0 amide bonds. The van der Waals surface area contributed by atoms with Crippen molar-refractivity contribution in [2.75, 3.05) is 13.0 Å². The summed E-state index contributed by atoms with van der Waals surface area (Å²) in [6.45, 7) is 1.87. The van der Waals surface area contributed by atoms with Gasteiger partial charge in [-0.15, -0.1) is 11.6 Å². The molecule has 0 bridgehead atoms. The topological polar surface area (TPSA) is 26.3 Å². The number of hydrogen-bond donors (Lipinski definition) is 0. The van der Waals surface area contributed by atoms with Crippen LogP contribution in [0.4, 0.5) is 0 Å². The fraction of sp³-hybridized carbons (Fsp3) is 0.300. The highest BCUT2D eigenvalue weighted by Gasteiger charge is 2.08. The number of alkyl halides is 1. The van der Waals surface area contributed by atoms with Crippen molar-refractivity contribution in [1.29, 1.82) is 0 Å². The Morgan fingerprint density at radius 3 is 2.77 bits per heavy atom. The normalized spacial score (nSPS) is 9.77. The van der Waals surface area contributed by atoms with E-state index >= 15 is 0 Å². The molecule has 3 heteroatoms. The Morgan fingerprint density at radius 1 is 1.54 bits per heavy atom. The Balaban J connectivity index is 3.11. The van der Waals surface area contributed by atoms with Crippen LogP contribution in [-0.2, 0) is 0 Å². The number of hydrogen-bond acceptors (Lipinski definition) is 2. The minimum absolute atomic E-state index is 0.00794. The Labute approximate surface area is 82.5 Å². The third-order valence-electron chi connectivity index (χ3n) is 1.87. The smallest absolute Gasteiger partial charge is 0.177 e. The molecule has 0 aliphatic heterocycles. The van der Waals surface area contributed by atoms with Crippen molar-refractivity contribution in [2.24, 2.45) is 0 Å². The molecule has 0 aliphatic carbocycles. The van der Waals surface area contributed by atoms with Gasteiger partial charge in [0.2, 0.25) is 0 Å². The summed E-state index contributed by atoms with van der Waals surface area (Å²) in [6, 6.07) is 5.37. The van der Waals surface area contributed by atoms with Crippen LogP contribution in [0.25, 0.3) is 0 Å². The van der Waals surface area contributed by atoms with Gasteiger partial charge < -0.3 is 4.74 Å². The van der Waals surface area contributed by atoms with Crippen molar-refractivity contribution in [3.05, 3.63) is 29.3 Å². The fourth-order valence-corrected chi connectivity index (χ4v) is 1.24. The summed E-state index contributed by atoms with van der Waals surface area (Å²) >= 11 is 5.46. The summed E-state index contributed by atoms with van der Waals surface area (Å²) in [5.74, 6) is 0.616. The zero-order valence-electron chi connectivity index (χ0n) is 7.63. The summed E-state index contributed by atoms with van der Waals surface area (Å²) in [4.78, 5) is 11.3. The summed E-state index contributed by atoms with van der Waals surface area (Å²) in [6.07, 6.45) is 0. The van der Waals surface area contributed by atoms with Gasteiger partial charge in [0.25, 0.3) is 0 Å². The Kier molecular flexibility index (Phi) is 3.32. The maximum Gasteiger partial charge on any atom is 0.177 e. The van der Waals surface area contributed by atoms with Crippen LogP contribution in [0, 0.1) is 6.92 Å². The molecule has 1 aromatic carbocycles. The van der Waals surface area contributed by atoms with E-state index in [1.807, 2.05) is 19.1 Å². The van der Waals surface area contributed by atoms with Crippen molar-refractivity contribution >= 4 is 17.4 Å². The van der Waals surface area contributed by atoms with Crippen molar-refractivity contribution < 1.29 is 9.53 Å². The number of ether oxygens (including phenoxy) is 1. The highest BCUT2D eigenvalue weighted by atomic mass is 35.5. The van der Waals surface area contributed by atoms with Crippen molar-refractivity contribution in [1.82, 2.24) is 0 Å². The number of carbonyl (C=O) groups is 1. The van der Waals surface area contributed by atoms with Gasteiger partial charge in [0.1, 0.15) is 5.75 Å². The molecule has 0 saturated carbocycles. The molecule has 0 spiro atoms. The quantitative estimate of drug-likeness (QED) is 0.551. The molecule has 0 radical (unpaired) electrons. The molecule has 0 heterocycles. The molecule has 0 fully saturated rings. The fourth-order valence-electron chi connectivity index (χ4n) is 1.10. The van der Waals surface area contributed by atoms with E-state index in [2.05, 4.69) is 0 Å². The van der Waals surface area contributed by atoms with Gasteiger partial charge in [-0.1, -0.05) is 6.07 Å². The second-order valence-electron chi connectivity index (χ2n) is 2.74. The van der Waals surface area contributed by atoms with Crippen LogP contribution in [0.5, 0.6) is 5.75 Å². The molecule has 1 aromatic rings. The summed E-state index contributed by atoms with van der Waals surface area (Å²) in [5, 5.41) is 0. The van der Waals surface area contributed by atoms with E-state index < -0.39 is 0 Å². The van der Waals surface area contributed by atoms with Crippen LogP contribution < -0.4 is 4.74 Å². The molecular weight excluding hydrogens is 188 g/mol. The first kappa shape index (κ1) is 10.1. The van der Waals surface area contributed by atoms with E-state index in [0.29, 0.717) is 11.3 Å². The van der Waals surface area contributed by atoms with Crippen molar-refractivity contribution in [3.63, 3.8) is 0 Å². The monoisotopic (exact) mass is 198 g/mol. The van der Waals surface area contributed by atoms with Gasteiger partial charge in [0.15, 0.2) is 5.78 Å². The zero-order valence-corrected chi connectivity index (χ0v) is 8.39. The van der Waals surface area contributed by atoms with E-state index in [1.54, 1.807) is 13.2 Å². The van der Waals surface area contributed by atoms with E-state index in [1.165, 1.54) is 0 Å². The predicted octanol–water partition coefficient (Wildman–Crippen LogP) is 2.43. The predicted molar refractivity (Wildman–Crippen MR) is 52.8 cm³/mol. The van der Waals surface area contributed by atoms with E-state index in [9.17, 15) is 4.79 Å². The Morgan fingerprint density at radius 2 is 2.23 bits per heavy atom. The van der Waals surface area contributed by atoms with Crippen LogP contribution in [0.2, 0.25) is 0 Å². The second-order valence-corrected chi connectivity index (χ2v) is 3.00. The van der Waals surface area contributed by atoms with E-state index in [4.69, 9.17) is 16.3 Å². The zero-order chi connectivity index (χ0) is 9.84. The van der Waals surface area contributed by atoms with Gasteiger partial charge in [0.05, 0.1) is 13.0 Å². The minimum Gasteiger partial charge on any atom is -0.497 e. The molecule has 13 heavy (non-hydrogen) atoms. The van der Waals surface area contributed by atoms with Crippen LogP contribution in [-0.4, -0.2) is 18.8 Å². The third kappa shape index (κ3) is 2.22. The van der Waals surface area contributed by atoms with Crippen LogP contribution in [0.1, 0.15) is 15.9 Å². The van der Waals surface area contributed by atoms with Gasteiger partial charge in [-0.2, -0.15) is 0 Å². The number of halogens is 1. The molecular formula is C10H11ClO2. The molecule has 0 aliphatic rings. The van der Waals surface area contributed by atoms with Crippen LogP contribution >= 0.6 is 11.6 Å². The van der Waals surface area contributed by atoms with Crippen LogP contribution in [0.15, 0.2) is 18.2 Å². The third-order valence-corrected chi connectivity index (χ3v) is 2.11. The molecule has 0 aromatic heterocycles. The number of rotatable bonds is 3. The maximum atomic E-state index is 11.3. The Hall–Kier alpha value is -1.02. The molecule has 0 saturated heterocycles. The number of carbonyl (C=O) groups excluding carboxylic acids is 1. The molecule has 1 rings (SSSR count). The molecule has 70 valence electrons. The van der Waals surface area contributed by atoms with Crippen LogP contribution in [0.3, 0.4) is 0 Å². The lowest BCUT2D eigenvalue weighted by Crippen LogP contribution is -2.03. The summed E-state index contributed by atoms with van der Waals surface area (Å²) in [7, 11) is 1.57. The highest BCUT2D eigenvalue weighted by molar-refractivity contribution is 6.30. The largest absolute Gasteiger partial charge is 0.497 e. The lowest BCUT2D eigenvalue weighted by Gasteiger charge is -2.05. The highest BCUT2D eigenvalue weighted by Crippen LogP contribution is 2.17. The van der Waals surface area contributed by atoms with Crippen molar-refractivity contribution in [2.45, 2.75) is 6.92 Å².